The molecule has 1 N–H and O–H groups in total. The maximum Gasteiger partial charge on any atom is 0.318 e. The number of hydrogen-bond acceptors (Lipinski definition) is 3. The smallest absolute Gasteiger partial charge is 0.318 e. The number of aromatic nitrogens is 1. The topological polar surface area (TPSA) is 54.5 Å². The van der Waals surface area contributed by atoms with E-state index in [1.165, 1.54) is 19.3 Å². The minimum Gasteiger partial charge on any atom is -0.381 e. The predicted octanol–water partition coefficient (Wildman–Crippen LogP) is 3.35. The molecule has 5 heteroatoms. The number of pyridine rings is 1. The van der Waals surface area contributed by atoms with E-state index < -0.39 is 0 Å². The second-order valence-electron chi connectivity index (χ2n) is 7.01. The minimum absolute atomic E-state index is 0.0538. The van der Waals surface area contributed by atoms with Crippen LogP contribution in [0.3, 0.4) is 0 Å². The van der Waals surface area contributed by atoms with E-state index >= 15 is 0 Å². The summed E-state index contributed by atoms with van der Waals surface area (Å²) in [5.74, 6) is 0.450. The molecule has 1 aliphatic carbocycles. The summed E-state index contributed by atoms with van der Waals surface area (Å²) in [7, 11) is 0. The summed E-state index contributed by atoms with van der Waals surface area (Å²) in [6.07, 6.45) is 9.96. The van der Waals surface area contributed by atoms with Crippen LogP contribution in [0, 0.1) is 5.92 Å². The molecule has 0 bridgehead atoms. The molecule has 2 aliphatic rings. The number of hydrogen-bond donors (Lipinski definition) is 1. The van der Waals surface area contributed by atoms with Gasteiger partial charge in [-0.25, -0.2) is 4.79 Å². The van der Waals surface area contributed by atoms with Gasteiger partial charge in [0.1, 0.15) is 0 Å². The van der Waals surface area contributed by atoms with E-state index in [1.807, 2.05) is 23.1 Å². The van der Waals surface area contributed by atoms with Gasteiger partial charge in [-0.3, -0.25) is 4.98 Å². The van der Waals surface area contributed by atoms with Crippen molar-refractivity contribution in [1.29, 1.82) is 0 Å². The van der Waals surface area contributed by atoms with Gasteiger partial charge in [0.25, 0.3) is 0 Å². The molecule has 0 aromatic carbocycles. The van der Waals surface area contributed by atoms with Crippen molar-refractivity contribution in [1.82, 2.24) is 15.2 Å². The first kappa shape index (κ1) is 17.2. The van der Waals surface area contributed by atoms with Crippen LogP contribution in [-0.2, 0) is 11.3 Å². The monoisotopic (exact) mass is 331 g/mol. The van der Waals surface area contributed by atoms with Gasteiger partial charge in [-0.2, -0.15) is 0 Å². The van der Waals surface area contributed by atoms with E-state index in [4.69, 9.17) is 4.74 Å². The van der Waals surface area contributed by atoms with Gasteiger partial charge in [-0.15, -0.1) is 0 Å². The van der Waals surface area contributed by atoms with Gasteiger partial charge >= 0.3 is 6.03 Å². The molecule has 1 aliphatic heterocycles. The van der Waals surface area contributed by atoms with Crippen molar-refractivity contribution in [2.75, 3.05) is 19.8 Å². The third kappa shape index (κ3) is 4.94. The van der Waals surface area contributed by atoms with Crippen LogP contribution in [0.5, 0.6) is 0 Å². The summed E-state index contributed by atoms with van der Waals surface area (Å²) in [6, 6.07) is 6.29. The van der Waals surface area contributed by atoms with Crippen molar-refractivity contribution < 1.29 is 9.53 Å². The Morgan fingerprint density at radius 1 is 1.21 bits per heavy atom. The molecule has 0 spiro atoms. The highest BCUT2D eigenvalue weighted by Crippen LogP contribution is 2.24. The summed E-state index contributed by atoms with van der Waals surface area (Å²) in [5, 5.41) is 3.15. The number of ether oxygens (including phenoxy) is 1. The highest BCUT2D eigenvalue weighted by Gasteiger charge is 2.26. The molecule has 3 rings (SSSR count). The molecule has 0 unspecified atom stereocenters. The van der Waals surface area contributed by atoms with Gasteiger partial charge in [-0.05, 0) is 43.7 Å². The molecule has 5 nitrogen and oxygen atoms in total. The third-order valence-corrected chi connectivity index (χ3v) is 5.13. The van der Waals surface area contributed by atoms with Gasteiger partial charge in [0.15, 0.2) is 0 Å². The van der Waals surface area contributed by atoms with Crippen molar-refractivity contribution >= 4 is 6.03 Å². The maximum absolute atomic E-state index is 12.8. The normalized spacial score (nSPS) is 22.1. The standard InChI is InChI=1S/C19H29N3O2/c23-19(21-13-16-7-6-12-24-15-16)22(18-9-2-1-3-10-18)14-17-8-4-5-11-20-17/h4-5,8,11,16,18H,1-3,6-7,9-10,12-15H2,(H,21,23)/t16-/m0/s1. The summed E-state index contributed by atoms with van der Waals surface area (Å²) in [4.78, 5) is 19.2. The van der Waals surface area contributed by atoms with Gasteiger partial charge in [0.2, 0.25) is 0 Å². The Balaban J connectivity index is 1.60. The Morgan fingerprint density at radius 2 is 2.08 bits per heavy atom. The lowest BCUT2D eigenvalue weighted by atomic mass is 9.94. The SMILES string of the molecule is O=C(NC[C@@H]1CCCOC1)N(Cc1ccccn1)C1CCCCC1. The summed E-state index contributed by atoms with van der Waals surface area (Å²) >= 11 is 0. The summed E-state index contributed by atoms with van der Waals surface area (Å²) in [6.45, 7) is 2.94. The number of urea groups is 1. The Hall–Kier alpha value is -1.62. The van der Waals surface area contributed by atoms with Crippen LogP contribution in [0.15, 0.2) is 24.4 Å². The minimum atomic E-state index is 0.0538. The highest BCUT2D eigenvalue weighted by molar-refractivity contribution is 5.74. The largest absolute Gasteiger partial charge is 0.381 e. The van der Waals surface area contributed by atoms with Crippen molar-refractivity contribution in [3.8, 4) is 0 Å². The lowest BCUT2D eigenvalue weighted by Gasteiger charge is -2.35. The Kier molecular flexibility index (Phi) is 6.47. The number of rotatable bonds is 5. The van der Waals surface area contributed by atoms with E-state index in [0.29, 0.717) is 25.0 Å². The molecule has 2 amide bonds. The number of nitrogens with zero attached hydrogens (tertiary/aromatic N) is 2. The second-order valence-corrected chi connectivity index (χ2v) is 7.01. The van der Waals surface area contributed by atoms with Crippen LogP contribution in [0.4, 0.5) is 4.79 Å². The summed E-state index contributed by atoms with van der Waals surface area (Å²) in [5.41, 5.74) is 0.958. The molecule has 132 valence electrons. The van der Waals surface area contributed by atoms with Crippen molar-refractivity contribution in [2.45, 2.75) is 57.5 Å². The molecule has 2 heterocycles. The van der Waals surface area contributed by atoms with Crippen molar-refractivity contribution in [2.24, 2.45) is 5.92 Å². The van der Waals surface area contributed by atoms with Crippen molar-refractivity contribution in [3.63, 3.8) is 0 Å². The van der Waals surface area contributed by atoms with Crippen molar-refractivity contribution in [3.05, 3.63) is 30.1 Å². The van der Waals surface area contributed by atoms with Crippen LogP contribution in [-0.4, -0.2) is 41.7 Å². The van der Waals surface area contributed by atoms with Gasteiger partial charge < -0.3 is 15.0 Å². The molecule has 1 aromatic rings. The molecule has 24 heavy (non-hydrogen) atoms. The Morgan fingerprint density at radius 3 is 2.79 bits per heavy atom. The fraction of sp³-hybridized carbons (Fsp3) is 0.684. The van der Waals surface area contributed by atoms with E-state index in [2.05, 4.69) is 10.3 Å². The van der Waals surface area contributed by atoms with E-state index in [-0.39, 0.29) is 6.03 Å². The number of carbonyl (C=O) groups excluding carboxylic acids is 1. The molecular formula is C19H29N3O2. The molecule has 1 saturated heterocycles. The Bertz CT molecular complexity index is 497. The van der Waals surface area contributed by atoms with Crippen LogP contribution in [0.1, 0.15) is 50.6 Å². The van der Waals surface area contributed by atoms with Crippen LogP contribution >= 0.6 is 0 Å². The van der Waals surface area contributed by atoms with E-state index in [9.17, 15) is 4.79 Å². The quantitative estimate of drug-likeness (QED) is 0.900. The number of amides is 2. The second kappa shape index (κ2) is 9.02. The third-order valence-electron chi connectivity index (χ3n) is 5.13. The average molecular weight is 331 g/mol. The first-order valence-corrected chi connectivity index (χ1v) is 9.35. The highest BCUT2D eigenvalue weighted by atomic mass is 16.5. The molecule has 0 radical (unpaired) electrons. The Labute approximate surface area is 144 Å². The fourth-order valence-corrected chi connectivity index (χ4v) is 3.73. The van der Waals surface area contributed by atoms with Gasteiger partial charge in [0.05, 0.1) is 18.8 Å². The van der Waals surface area contributed by atoms with Crippen LogP contribution in [0.2, 0.25) is 0 Å². The molecule has 2 fully saturated rings. The maximum atomic E-state index is 12.8. The first-order valence-electron chi connectivity index (χ1n) is 9.35. The molecule has 1 saturated carbocycles. The van der Waals surface area contributed by atoms with E-state index in [0.717, 1.165) is 44.6 Å². The lowest BCUT2D eigenvalue weighted by molar-refractivity contribution is 0.0545. The zero-order chi connectivity index (χ0) is 16.6. The molecule has 1 atom stereocenters. The first-order chi connectivity index (χ1) is 11.8. The summed E-state index contributed by atoms with van der Waals surface area (Å²) < 4.78 is 5.51. The van der Waals surface area contributed by atoms with Gasteiger partial charge in [0, 0.05) is 25.4 Å². The zero-order valence-corrected chi connectivity index (χ0v) is 14.5. The number of nitrogens with one attached hydrogen (secondary N) is 1. The number of carbonyl (C=O) groups is 1. The van der Waals surface area contributed by atoms with E-state index in [1.54, 1.807) is 6.20 Å². The lowest BCUT2D eigenvalue weighted by Crippen LogP contribution is -2.48. The van der Waals surface area contributed by atoms with Gasteiger partial charge in [-0.1, -0.05) is 25.3 Å². The zero-order valence-electron chi connectivity index (χ0n) is 14.5. The predicted molar refractivity (Wildman–Crippen MR) is 93.6 cm³/mol. The molecular weight excluding hydrogens is 302 g/mol. The average Bonchev–Trinajstić information content (AvgIpc) is 2.66. The molecule has 1 aromatic heterocycles. The fourth-order valence-electron chi connectivity index (χ4n) is 3.73. The van der Waals surface area contributed by atoms with Crippen LogP contribution in [0.25, 0.3) is 0 Å². The van der Waals surface area contributed by atoms with Crippen LogP contribution < -0.4 is 5.32 Å².